The van der Waals surface area contributed by atoms with Crippen molar-refractivity contribution in [2.45, 2.75) is 6.42 Å². The average Bonchev–Trinajstić information content (AvgIpc) is 2.17. The topological polar surface area (TPSA) is 59.4 Å². The Morgan fingerprint density at radius 2 is 2.47 bits per heavy atom. The molecule has 4 nitrogen and oxygen atoms in total. The number of aromatic nitrogens is 1. The second kappa shape index (κ2) is 5.36. The zero-order valence-electron chi connectivity index (χ0n) is 8.11. The minimum absolute atomic E-state index is 0.0460. The molecule has 1 aromatic heterocycles. The van der Waals surface area contributed by atoms with Crippen LogP contribution >= 0.6 is 11.6 Å². The van der Waals surface area contributed by atoms with Gasteiger partial charge in [0.2, 0.25) is 5.88 Å². The highest BCUT2D eigenvalue weighted by Gasteiger charge is 2.01. The SMILES string of the molecule is COc1ncc(Cl)cc1C=CCC(=O)O. The second-order valence-electron chi connectivity index (χ2n) is 2.75. The highest BCUT2D eigenvalue weighted by molar-refractivity contribution is 6.30. The summed E-state index contributed by atoms with van der Waals surface area (Å²) in [5, 5.41) is 8.93. The molecule has 0 amide bonds. The molecule has 1 rings (SSSR count). The molecule has 0 radical (unpaired) electrons. The molecule has 0 aliphatic rings. The number of rotatable bonds is 4. The van der Waals surface area contributed by atoms with Gasteiger partial charge in [-0.25, -0.2) is 4.98 Å². The van der Waals surface area contributed by atoms with E-state index < -0.39 is 5.97 Å². The molecule has 0 atom stereocenters. The van der Waals surface area contributed by atoms with E-state index in [9.17, 15) is 4.79 Å². The fourth-order valence-electron chi connectivity index (χ4n) is 1.02. The lowest BCUT2D eigenvalue weighted by molar-refractivity contribution is -0.135. The third-order valence-electron chi connectivity index (χ3n) is 1.63. The number of methoxy groups -OCH3 is 1. The summed E-state index contributed by atoms with van der Waals surface area (Å²) in [6.45, 7) is 0. The summed E-state index contributed by atoms with van der Waals surface area (Å²) in [6, 6.07) is 1.66. The van der Waals surface area contributed by atoms with Gasteiger partial charge in [-0.15, -0.1) is 0 Å². The van der Waals surface area contributed by atoms with E-state index in [1.165, 1.54) is 19.4 Å². The summed E-state index contributed by atoms with van der Waals surface area (Å²) in [6.07, 6.45) is 4.55. The average molecular weight is 228 g/mol. The number of carboxylic acids is 1. The smallest absolute Gasteiger partial charge is 0.307 e. The van der Waals surface area contributed by atoms with Gasteiger partial charge in [0, 0.05) is 11.8 Å². The van der Waals surface area contributed by atoms with Gasteiger partial charge in [0.25, 0.3) is 0 Å². The number of hydrogen-bond acceptors (Lipinski definition) is 3. The molecule has 0 bridgehead atoms. The van der Waals surface area contributed by atoms with Crippen molar-refractivity contribution in [2.24, 2.45) is 0 Å². The highest BCUT2D eigenvalue weighted by atomic mass is 35.5. The van der Waals surface area contributed by atoms with E-state index in [4.69, 9.17) is 21.4 Å². The van der Waals surface area contributed by atoms with Crippen LogP contribution in [0.1, 0.15) is 12.0 Å². The van der Waals surface area contributed by atoms with Crippen molar-refractivity contribution in [3.05, 3.63) is 28.9 Å². The Morgan fingerprint density at radius 3 is 3.07 bits per heavy atom. The van der Waals surface area contributed by atoms with Crippen molar-refractivity contribution in [2.75, 3.05) is 7.11 Å². The molecule has 0 unspecified atom stereocenters. The number of ether oxygens (including phenoxy) is 1. The highest BCUT2D eigenvalue weighted by Crippen LogP contribution is 2.20. The number of halogens is 1. The number of pyridine rings is 1. The van der Waals surface area contributed by atoms with Crippen LogP contribution in [0.15, 0.2) is 18.3 Å². The predicted molar refractivity (Wildman–Crippen MR) is 57.1 cm³/mol. The molecule has 1 N–H and O–H groups in total. The van der Waals surface area contributed by atoms with Crippen molar-refractivity contribution in [1.29, 1.82) is 0 Å². The van der Waals surface area contributed by atoms with E-state index >= 15 is 0 Å². The van der Waals surface area contributed by atoms with E-state index in [1.807, 2.05) is 0 Å². The van der Waals surface area contributed by atoms with Crippen LogP contribution in [0.5, 0.6) is 5.88 Å². The minimum atomic E-state index is -0.889. The molecule has 1 heterocycles. The molecule has 0 spiro atoms. The molecule has 15 heavy (non-hydrogen) atoms. The molecular weight excluding hydrogens is 218 g/mol. The number of carboxylic acid groups (broad SMARTS) is 1. The second-order valence-corrected chi connectivity index (χ2v) is 3.19. The zero-order valence-corrected chi connectivity index (χ0v) is 8.86. The molecule has 0 saturated carbocycles. The molecule has 5 heteroatoms. The predicted octanol–water partition coefficient (Wildman–Crippen LogP) is 2.23. The fourth-order valence-corrected chi connectivity index (χ4v) is 1.19. The van der Waals surface area contributed by atoms with Crippen molar-refractivity contribution in [3.8, 4) is 5.88 Å². The Bertz CT molecular complexity index is 390. The maximum atomic E-state index is 10.3. The van der Waals surface area contributed by atoms with E-state index in [0.717, 1.165) is 0 Å². The molecule has 1 aromatic rings. The van der Waals surface area contributed by atoms with Crippen LogP contribution in [0.4, 0.5) is 0 Å². The van der Waals surface area contributed by atoms with Crippen molar-refractivity contribution in [3.63, 3.8) is 0 Å². The summed E-state index contributed by atoms with van der Waals surface area (Å²) in [5.41, 5.74) is 0.659. The van der Waals surface area contributed by atoms with E-state index in [1.54, 1.807) is 12.1 Å². The van der Waals surface area contributed by atoms with Gasteiger partial charge in [0.15, 0.2) is 0 Å². The lowest BCUT2D eigenvalue weighted by Gasteiger charge is -2.02. The Hall–Kier alpha value is -1.55. The van der Waals surface area contributed by atoms with Gasteiger partial charge in [0.05, 0.1) is 18.6 Å². The number of hydrogen-bond donors (Lipinski definition) is 1. The number of carbonyl (C=O) groups is 1. The first-order valence-corrected chi connectivity index (χ1v) is 4.59. The summed E-state index contributed by atoms with van der Waals surface area (Å²) >= 11 is 5.75. The fraction of sp³-hybridized carbons (Fsp3) is 0.200. The van der Waals surface area contributed by atoms with Gasteiger partial charge in [-0.2, -0.15) is 0 Å². The Morgan fingerprint density at radius 1 is 1.73 bits per heavy atom. The first kappa shape index (κ1) is 11.5. The van der Waals surface area contributed by atoms with Crippen LogP contribution in [0.3, 0.4) is 0 Å². The summed E-state index contributed by atoms with van der Waals surface area (Å²) in [5.74, 6) is -0.471. The lowest BCUT2D eigenvalue weighted by Crippen LogP contribution is -1.92. The van der Waals surface area contributed by atoms with Crippen molar-refractivity contribution >= 4 is 23.6 Å². The Kier molecular flexibility index (Phi) is 4.12. The zero-order chi connectivity index (χ0) is 11.3. The molecule has 80 valence electrons. The standard InChI is InChI=1S/C10H10ClNO3/c1-15-10-7(3-2-4-9(13)14)5-8(11)6-12-10/h2-3,5-6H,4H2,1H3,(H,13,14). The van der Waals surface area contributed by atoms with E-state index in [-0.39, 0.29) is 6.42 Å². The maximum Gasteiger partial charge on any atom is 0.307 e. The molecule has 0 aliphatic carbocycles. The maximum absolute atomic E-state index is 10.3. The molecule has 0 fully saturated rings. The van der Waals surface area contributed by atoms with E-state index in [2.05, 4.69) is 4.98 Å². The van der Waals surface area contributed by atoms with Gasteiger partial charge in [0.1, 0.15) is 0 Å². The van der Waals surface area contributed by atoms with Crippen LogP contribution < -0.4 is 4.74 Å². The first-order valence-electron chi connectivity index (χ1n) is 4.21. The van der Waals surface area contributed by atoms with Crippen molar-refractivity contribution < 1.29 is 14.6 Å². The third-order valence-corrected chi connectivity index (χ3v) is 1.84. The van der Waals surface area contributed by atoms with Gasteiger partial charge >= 0.3 is 5.97 Å². The normalized spacial score (nSPS) is 10.5. The summed E-state index contributed by atoms with van der Waals surface area (Å²) in [4.78, 5) is 14.2. The molecule has 0 saturated heterocycles. The quantitative estimate of drug-likeness (QED) is 0.857. The monoisotopic (exact) mass is 227 g/mol. The van der Waals surface area contributed by atoms with Gasteiger partial charge in [-0.1, -0.05) is 23.8 Å². The van der Waals surface area contributed by atoms with Crippen LogP contribution in [-0.2, 0) is 4.79 Å². The van der Waals surface area contributed by atoms with Crippen LogP contribution in [-0.4, -0.2) is 23.2 Å². The van der Waals surface area contributed by atoms with Gasteiger partial charge in [-0.05, 0) is 6.07 Å². The number of nitrogens with zero attached hydrogens (tertiary/aromatic N) is 1. The first-order chi connectivity index (χ1) is 7.13. The minimum Gasteiger partial charge on any atom is -0.481 e. The Balaban J connectivity index is 2.87. The van der Waals surface area contributed by atoms with Crippen molar-refractivity contribution in [1.82, 2.24) is 4.98 Å². The van der Waals surface area contributed by atoms with Crippen LogP contribution in [0, 0.1) is 0 Å². The largest absolute Gasteiger partial charge is 0.481 e. The summed E-state index contributed by atoms with van der Waals surface area (Å²) in [7, 11) is 1.49. The third kappa shape index (κ3) is 3.59. The Labute approximate surface area is 92.2 Å². The van der Waals surface area contributed by atoms with Gasteiger partial charge < -0.3 is 9.84 Å². The van der Waals surface area contributed by atoms with Gasteiger partial charge in [-0.3, -0.25) is 4.79 Å². The molecule has 0 aliphatic heterocycles. The van der Waals surface area contributed by atoms with E-state index in [0.29, 0.717) is 16.5 Å². The summed E-state index contributed by atoms with van der Waals surface area (Å²) < 4.78 is 4.99. The molecular formula is C10H10ClNO3. The van der Waals surface area contributed by atoms with Crippen LogP contribution in [0.2, 0.25) is 5.02 Å². The van der Waals surface area contributed by atoms with Crippen LogP contribution in [0.25, 0.3) is 6.08 Å². The molecule has 0 aromatic carbocycles. The lowest BCUT2D eigenvalue weighted by atomic mass is 10.2. The number of aliphatic carboxylic acids is 1.